The average Bonchev–Trinajstić information content (AvgIpc) is 3.09. The van der Waals surface area contributed by atoms with Crippen molar-refractivity contribution in [2.75, 3.05) is 0 Å². The standard InChI is InChI=1S/C22H20ClN5O2/c1-27-18(9-15-5-2-3-8-20(15)27)13-28(23)22(29)16-6-4-7-19(10-16)30-21-11-17(12-24)25-14-26-21/h2-11,14H,12-13,24H2,1H3. The van der Waals surface area contributed by atoms with Crippen LogP contribution in [0.2, 0.25) is 0 Å². The summed E-state index contributed by atoms with van der Waals surface area (Å²) in [6, 6.07) is 18.5. The van der Waals surface area contributed by atoms with Gasteiger partial charge >= 0.3 is 0 Å². The zero-order valence-electron chi connectivity index (χ0n) is 16.3. The van der Waals surface area contributed by atoms with Crippen LogP contribution in [0.4, 0.5) is 0 Å². The molecule has 0 saturated heterocycles. The second-order valence-corrected chi connectivity index (χ2v) is 7.17. The Morgan fingerprint density at radius 1 is 1.13 bits per heavy atom. The van der Waals surface area contributed by atoms with Gasteiger partial charge in [-0.05, 0) is 35.7 Å². The van der Waals surface area contributed by atoms with E-state index in [0.29, 0.717) is 22.9 Å². The lowest BCUT2D eigenvalue weighted by molar-refractivity contribution is 0.0855. The zero-order valence-corrected chi connectivity index (χ0v) is 17.1. The van der Waals surface area contributed by atoms with E-state index in [1.165, 1.54) is 10.7 Å². The van der Waals surface area contributed by atoms with Gasteiger partial charge in [-0.15, -0.1) is 0 Å². The fraction of sp³-hybridized carbons (Fsp3) is 0.136. The van der Waals surface area contributed by atoms with Crippen molar-refractivity contribution in [1.82, 2.24) is 19.0 Å². The number of aryl methyl sites for hydroxylation is 1. The Morgan fingerprint density at radius 3 is 2.77 bits per heavy atom. The molecule has 2 N–H and O–H groups in total. The smallest absolute Gasteiger partial charge is 0.268 e. The molecule has 0 saturated carbocycles. The van der Waals surface area contributed by atoms with Crippen molar-refractivity contribution in [2.24, 2.45) is 12.8 Å². The summed E-state index contributed by atoms with van der Waals surface area (Å²) in [6.07, 6.45) is 1.39. The fourth-order valence-electron chi connectivity index (χ4n) is 3.21. The van der Waals surface area contributed by atoms with Gasteiger partial charge in [-0.2, -0.15) is 0 Å². The Morgan fingerprint density at radius 2 is 1.97 bits per heavy atom. The predicted molar refractivity (Wildman–Crippen MR) is 115 cm³/mol. The van der Waals surface area contributed by atoms with E-state index in [1.807, 2.05) is 41.9 Å². The minimum absolute atomic E-state index is 0.266. The highest BCUT2D eigenvalue weighted by molar-refractivity contribution is 6.24. The maximum Gasteiger partial charge on any atom is 0.268 e. The molecule has 1 amide bonds. The van der Waals surface area contributed by atoms with E-state index in [-0.39, 0.29) is 19.0 Å². The van der Waals surface area contributed by atoms with Gasteiger partial charge in [-0.1, -0.05) is 24.3 Å². The van der Waals surface area contributed by atoms with Crippen molar-refractivity contribution in [3.05, 3.63) is 83.9 Å². The maximum absolute atomic E-state index is 12.9. The van der Waals surface area contributed by atoms with Crippen molar-refractivity contribution in [2.45, 2.75) is 13.1 Å². The van der Waals surface area contributed by atoms with Crippen molar-refractivity contribution in [3.8, 4) is 11.6 Å². The second-order valence-electron chi connectivity index (χ2n) is 6.76. The number of rotatable bonds is 6. The number of carbonyl (C=O) groups is 1. The van der Waals surface area contributed by atoms with Gasteiger partial charge in [-0.3, -0.25) is 4.79 Å². The number of halogens is 1. The van der Waals surface area contributed by atoms with Gasteiger partial charge in [0.2, 0.25) is 5.88 Å². The quantitative estimate of drug-likeness (QED) is 0.475. The van der Waals surface area contributed by atoms with Crippen LogP contribution in [0.3, 0.4) is 0 Å². The summed E-state index contributed by atoms with van der Waals surface area (Å²) in [5.74, 6) is 0.503. The van der Waals surface area contributed by atoms with Crippen molar-refractivity contribution < 1.29 is 9.53 Å². The summed E-state index contributed by atoms with van der Waals surface area (Å²) in [5, 5.41) is 1.10. The third kappa shape index (κ3) is 4.12. The number of para-hydroxylation sites is 1. The van der Waals surface area contributed by atoms with Gasteiger partial charge in [0.1, 0.15) is 12.1 Å². The molecular formula is C22H20ClN5O2. The molecule has 2 aromatic heterocycles. The topological polar surface area (TPSA) is 86.3 Å². The van der Waals surface area contributed by atoms with Gasteiger partial charge in [0, 0.05) is 48.2 Å². The number of fused-ring (bicyclic) bond motifs is 1. The summed E-state index contributed by atoms with van der Waals surface area (Å²) >= 11 is 6.35. The highest BCUT2D eigenvalue weighted by atomic mass is 35.5. The summed E-state index contributed by atoms with van der Waals surface area (Å²) < 4.78 is 8.94. The predicted octanol–water partition coefficient (Wildman–Crippen LogP) is 4.02. The Bertz CT molecular complexity index is 1210. The van der Waals surface area contributed by atoms with Gasteiger partial charge in [-0.25, -0.2) is 14.4 Å². The Hall–Kier alpha value is -3.42. The molecule has 0 aliphatic rings. The van der Waals surface area contributed by atoms with Crippen LogP contribution in [0.25, 0.3) is 10.9 Å². The molecule has 0 aliphatic heterocycles. The van der Waals surface area contributed by atoms with Gasteiger partial charge in [0.15, 0.2) is 0 Å². The molecule has 0 fully saturated rings. The van der Waals surface area contributed by atoms with E-state index in [2.05, 4.69) is 9.97 Å². The largest absolute Gasteiger partial charge is 0.439 e. The van der Waals surface area contributed by atoms with Gasteiger partial charge in [0.25, 0.3) is 5.91 Å². The highest BCUT2D eigenvalue weighted by Crippen LogP contribution is 2.24. The van der Waals surface area contributed by atoms with Crippen LogP contribution in [-0.2, 0) is 20.1 Å². The monoisotopic (exact) mass is 421 g/mol. The second kappa shape index (κ2) is 8.52. The molecule has 0 radical (unpaired) electrons. The van der Waals surface area contributed by atoms with Crippen molar-refractivity contribution in [1.29, 1.82) is 0 Å². The van der Waals surface area contributed by atoms with Crippen LogP contribution in [0, 0.1) is 0 Å². The SMILES string of the molecule is Cn1c(CN(Cl)C(=O)c2cccc(Oc3cc(CN)ncn3)c2)cc2ccccc21. The van der Waals surface area contributed by atoms with Gasteiger partial charge in [0.05, 0.1) is 12.2 Å². The van der Waals surface area contributed by atoms with Crippen molar-refractivity contribution in [3.63, 3.8) is 0 Å². The average molecular weight is 422 g/mol. The molecule has 4 rings (SSSR count). The molecule has 152 valence electrons. The number of nitrogens with two attached hydrogens (primary N) is 1. The molecule has 2 heterocycles. The van der Waals surface area contributed by atoms with Crippen LogP contribution >= 0.6 is 11.8 Å². The molecule has 0 aliphatic carbocycles. The third-order valence-electron chi connectivity index (χ3n) is 4.78. The number of hydrogen-bond donors (Lipinski definition) is 1. The lowest BCUT2D eigenvalue weighted by Crippen LogP contribution is -2.22. The van der Waals surface area contributed by atoms with E-state index < -0.39 is 0 Å². The lowest BCUT2D eigenvalue weighted by Gasteiger charge is -2.15. The molecule has 0 bridgehead atoms. The first-order chi connectivity index (χ1) is 14.5. The van der Waals surface area contributed by atoms with E-state index in [4.69, 9.17) is 22.2 Å². The maximum atomic E-state index is 12.9. The fourth-order valence-corrected chi connectivity index (χ4v) is 3.43. The van der Waals surface area contributed by atoms with E-state index in [0.717, 1.165) is 16.6 Å². The molecule has 4 aromatic rings. The van der Waals surface area contributed by atoms with E-state index in [1.54, 1.807) is 30.3 Å². The number of amides is 1. The lowest BCUT2D eigenvalue weighted by atomic mass is 10.2. The molecule has 0 spiro atoms. The minimum atomic E-state index is -0.322. The first-order valence-electron chi connectivity index (χ1n) is 9.35. The normalized spacial score (nSPS) is 10.9. The molecule has 0 unspecified atom stereocenters. The van der Waals surface area contributed by atoms with Gasteiger partial charge < -0.3 is 15.0 Å². The van der Waals surface area contributed by atoms with Crippen LogP contribution in [0.5, 0.6) is 11.6 Å². The number of aromatic nitrogens is 3. The summed E-state index contributed by atoms with van der Waals surface area (Å²) in [4.78, 5) is 21.0. The molecule has 2 aromatic carbocycles. The number of nitrogens with zero attached hydrogens (tertiary/aromatic N) is 4. The zero-order chi connectivity index (χ0) is 21.1. The summed E-state index contributed by atoms with van der Waals surface area (Å²) in [7, 11) is 1.96. The van der Waals surface area contributed by atoms with Crippen molar-refractivity contribution >= 4 is 28.6 Å². The van der Waals surface area contributed by atoms with Crippen LogP contribution in [-0.4, -0.2) is 24.9 Å². The Kier molecular flexibility index (Phi) is 5.65. The summed E-state index contributed by atoms with van der Waals surface area (Å²) in [5.41, 5.74) is 8.69. The number of benzene rings is 2. The molecule has 8 heteroatoms. The first-order valence-corrected chi connectivity index (χ1v) is 9.69. The van der Waals surface area contributed by atoms with E-state index in [9.17, 15) is 4.79 Å². The Labute approximate surface area is 178 Å². The molecule has 30 heavy (non-hydrogen) atoms. The third-order valence-corrected chi connectivity index (χ3v) is 5.06. The summed E-state index contributed by atoms with van der Waals surface area (Å²) in [6.45, 7) is 0.551. The van der Waals surface area contributed by atoms with Crippen LogP contribution < -0.4 is 10.5 Å². The highest BCUT2D eigenvalue weighted by Gasteiger charge is 2.17. The molecular weight excluding hydrogens is 402 g/mol. The number of ether oxygens (including phenoxy) is 1. The minimum Gasteiger partial charge on any atom is -0.439 e. The van der Waals surface area contributed by atoms with E-state index >= 15 is 0 Å². The van der Waals surface area contributed by atoms with Crippen LogP contribution in [0.1, 0.15) is 21.7 Å². The number of hydrogen-bond acceptors (Lipinski definition) is 5. The Balaban J connectivity index is 1.51. The first kappa shape index (κ1) is 19.9. The number of carbonyl (C=O) groups excluding carboxylic acids is 1. The van der Waals surface area contributed by atoms with Crippen LogP contribution in [0.15, 0.2) is 67.0 Å². The molecule has 0 atom stereocenters. The molecule has 7 nitrogen and oxygen atoms in total.